The van der Waals surface area contributed by atoms with E-state index in [9.17, 15) is 0 Å². The Kier molecular flexibility index (Phi) is 8.60. The van der Waals surface area contributed by atoms with Crippen LogP contribution in [0.4, 0.5) is 0 Å². The van der Waals surface area contributed by atoms with Gasteiger partial charge in [-0.1, -0.05) is 37.6 Å². The van der Waals surface area contributed by atoms with Crippen LogP contribution in [0.3, 0.4) is 0 Å². The standard InChI is InChI=1S/C18H32N4/c1-6-7-13-22(5)14-12-20-18(19-4)21-16(3)17-11-9-8-10-15(17)2/h8-11,16H,6-7,12-14H2,1-5H3,(H2,19,20,21). The number of nitrogens with zero attached hydrogens (tertiary/aromatic N) is 2. The van der Waals surface area contributed by atoms with Crippen molar-refractivity contribution in [2.75, 3.05) is 33.7 Å². The Labute approximate surface area is 136 Å². The van der Waals surface area contributed by atoms with Gasteiger partial charge in [0.1, 0.15) is 0 Å². The maximum atomic E-state index is 4.32. The monoisotopic (exact) mass is 304 g/mol. The van der Waals surface area contributed by atoms with Gasteiger partial charge in [-0.15, -0.1) is 0 Å². The molecule has 1 aromatic rings. The summed E-state index contributed by atoms with van der Waals surface area (Å²) in [6, 6.07) is 8.71. The second-order valence-corrected chi connectivity index (χ2v) is 5.88. The molecule has 0 radical (unpaired) electrons. The van der Waals surface area contributed by atoms with E-state index in [-0.39, 0.29) is 6.04 Å². The molecule has 1 unspecified atom stereocenters. The van der Waals surface area contributed by atoms with Crippen LogP contribution in [0, 0.1) is 6.92 Å². The van der Waals surface area contributed by atoms with Gasteiger partial charge < -0.3 is 15.5 Å². The second kappa shape index (κ2) is 10.2. The van der Waals surface area contributed by atoms with E-state index in [0.29, 0.717) is 0 Å². The van der Waals surface area contributed by atoms with Gasteiger partial charge >= 0.3 is 0 Å². The van der Waals surface area contributed by atoms with Crippen molar-refractivity contribution < 1.29 is 0 Å². The number of unbranched alkanes of at least 4 members (excludes halogenated alkanes) is 1. The van der Waals surface area contributed by atoms with Crippen molar-refractivity contribution in [3.63, 3.8) is 0 Å². The first-order valence-corrected chi connectivity index (χ1v) is 8.29. The highest BCUT2D eigenvalue weighted by atomic mass is 15.2. The van der Waals surface area contributed by atoms with Crippen LogP contribution in [0.25, 0.3) is 0 Å². The van der Waals surface area contributed by atoms with Crippen molar-refractivity contribution >= 4 is 5.96 Å². The van der Waals surface area contributed by atoms with Gasteiger partial charge in [0.2, 0.25) is 0 Å². The smallest absolute Gasteiger partial charge is 0.191 e. The molecule has 0 spiro atoms. The third-order valence-electron chi connectivity index (χ3n) is 3.91. The number of likely N-dealkylation sites (N-methyl/N-ethyl adjacent to an activating group) is 1. The first kappa shape index (κ1) is 18.5. The van der Waals surface area contributed by atoms with Crippen LogP contribution in [0.2, 0.25) is 0 Å². The van der Waals surface area contributed by atoms with Gasteiger partial charge in [-0.05, 0) is 45.0 Å². The van der Waals surface area contributed by atoms with E-state index in [1.165, 1.54) is 24.0 Å². The molecule has 4 nitrogen and oxygen atoms in total. The molecule has 0 heterocycles. The Balaban J connectivity index is 2.41. The van der Waals surface area contributed by atoms with Crippen molar-refractivity contribution in [2.45, 2.75) is 39.7 Å². The van der Waals surface area contributed by atoms with Gasteiger partial charge in [0.15, 0.2) is 5.96 Å². The first-order chi connectivity index (χ1) is 10.6. The molecular formula is C18H32N4. The highest BCUT2D eigenvalue weighted by molar-refractivity contribution is 5.80. The zero-order valence-corrected chi connectivity index (χ0v) is 14.8. The topological polar surface area (TPSA) is 39.7 Å². The normalized spacial score (nSPS) is 13.3. The lowest BCUT2D eigenvalue weighted by Crippen LogP contribution is -2.42. The molecule has 124 valence electrons. The van der Waals surface area contributed by atoms with Crippen molar-refractivity contribution in [3.05, 3.63) is 35.4 Å². The van der Waals surface area contributed by atoms with Gasteiger partial charge in [0.25, 0.3) is 0 Å². The molecule has 0 fully saturated rings. The van der Waals surface area contributed by atoms with E-state index in [2.05, 4.69) is 72.6 Å². The number of nitrogens with one attached hydrogen (secondary N) is 2. The number of aliphatic imine (C=N–C) groups is 1. The number of benzene rings is 1. The molecule has 2 N–H and O–H groups in total. The molecule has 1 atom stereocenters. The fourth-order valence-corrected chi connectivity index (χ4v) is 2.46. The number of rotatable bonds is 8. The zero-order valence-electron chi connectivity index (χ0n) is 14.8. The van der Waals surface area contributed by atoms with Gasteiger partial charge in [-0.2, -0.15) is 0 Å². The van der Waals surface area contributed by atoms with Crippen LogP contribution in [0.15, 0.2) is 29.3 Å². The summed E-state index contributed by atoms with van der Waals surface area (Å²) in [6.07, 6.45) is 2.50. The molecule has 1 rings (SSSR count). The van der Waals surface area contributed by atoms with Crippen molar-refractivity contribution in [1.82, 2.24) is 15.5 Å². The molecule has 0 amide bonds. The number of aryl methyl sites for hydroxylation is 1. The Morgan fingerprint density at radius 2 is 2.00 bits per heavy atom. The lowest BCUT2D eigenvalue weighted by atomic mass is 10.0. The summed E-state index contributed by atoms with van der Waals surface area (Å²) in [5, 5.41) is 6.86. The van der Waals surface area contributed by atoms with Gasteiger partial charge in [0, 0.05) is 20.1 Å². The third-order valence-corrected chi connectivity index (χ3v) is 3.91. The predicted octanol–water partition coefficient (Wildman–Crippen LogP) is 2.95. The minimum absolute atomic E-state index is 0.241. The maximum Gasteiger partial charge on any atom is 0.191 e. The average molecular weight is 304 g/mol. The van der Waals surface area contributed by atoms with Crippen LogP contribution >= 0.6 is 0 Å². The lowest BCUT2D eigenvalue weighted by molar-refractivity contribution is 0.332. The van der Waals surface area contributed by atoms with E-state index in [4.69, 9.17) is 0 Å². The summed E-state index contributed by atoms with van der Waals surface area (Å²) >= 11 is 0. The zero-order chi connectivity index (χ0) is 16.4. The van der Waals surface area contributed by atoms with Crippen LogP contribution in [-0.4, -0.2) is 44.6 Å². The van der Waals surface area contributed by atoms with E-state index in [1.54, 1.807) is 0 Å². The Morgan fingerprint density at radius 1 is 1.27 bits per heavy atom. The largest absolute Gasteiger partial charge is 0.355 e. The summed E-state index contributed by atoms with van der Waals surface area (Å²) in [5.41, 5.74) is 2.61. The van der Waals surface area contributed by atoms with Crippen LogP contribution in [0.5, 0.6) is 0 Å². The maximum absolute atomic E-state index is 4.32. The average Bonchev–Trinajstić information content (AvgIpc) is 2.52. The van der Waals surface area contributed by atoms with Gasteiger partial charge in [-0.3, -0.25) is 4.99 Å². The summed E-state index contributed by atoms with van der Waals surface area (Å²) in [5.74, 6) is 0.861. The summed E-state index contributed by atoms with van der Waals surface area (Å²) in [7, 11) is 3.99. The van der Waals surface area contributed by atoms with Crippen molar-refractivity contribution in [1.29, 1.82) is 0 Å². The van der Waals surface area contributed by atoms with E-state index >= 15 is 0 Å². The predicted molar refractivity (Wildman–Crippen MR) is 96.5 cm³/mol. The highest BCUT2D eigenvalue weighted by Crippen LogP contribution is 2.16. The van der Waals surface area contributed by atoms with Crippen LogP contribution in [0.1, 0.15) is 43.9 Å². The fourth-order valence-electron chi connectivity index (χ4n) is 2.46. The minimum atomic E-state index is 0.241. The Morgan fingerprint density at radius 3 is 2.64 bits per heavy atom. The summed E-state index contributed by atoms with van der Waals surface area (Å²) in [4.78, 5) is 6.67. The molecule has 22 heavy (non-hydrogen) atoms. The molecule has 0 aromatic heterocycles. The molecule has 0 aliphatic rings. The van der Waals surface area contributed by atoms with Crippen molar-refractivity contribution in [2.24, 2.45) is 4.99 Å². The molecular weight excluding hydrogens is 272 g/mol. The molecule has 0 bridgehead atoms. The van der Waals surface area contributed by atoms with Gasteiger partial charge in [-0.25, -0.2) is 0 Å². The van der Waals surface area contributed by atoms with Crippen molar-refractivity contribution in [3.8, 4) is 0 Å². The Hall–Kier alpha value is -1.55. The van der Waals surface area contributed by atoms with E-state index in [0.717, 1.165) is 25.6 Å². The minimum Gasteiger partial charge on any atom is -0.355 e. The summed E-state index contributed by atoms with van der Waals surface area (Å²) in [6.45, 7) is 9.63. The quantitative estimate of drug-likeness (QED) is 0.573. The van der Waals surface area contributed by atoms with E-state index in [1.807, 2.05) is 7.05 Å². The molecule has 0 aliphatic heterocycles. The number of hydrogen-bond acceptors (Lipinski definition) is 2. The molecule has 0 saturated carbocycles. The van der Waals surface area contributed by atoms with Crippen LogP contribution in [-0.2, 0) is 0 Å². The first-order valence-electron chi connectivity index (χ1n) is 8.29. The SMILES string of the molecule is CCCCN(C)CCNC(=NC)NC(C)c1ccccc1C. The highest BCUT2D eigenvalue weighted by Gasteiger charge is 2.09. The van der Waals surface area contributed by atoms with Gasteiger partial charge in [0.05, 0.1) is 6.04 Å². The van der Waals surface area contributed by atoms with Crippen LogP contribution < -0.4 is 10.6 Å². The Bertz CT molecular complexity index is 456. The van der Waals surface area contributed by atoms with E-state index < -0.39 is 0 Å². The fraction of sp³-hybridized carbons (Fsp3) is 0.611. The molecule has 0 saturated heterocycles. The second-order valence-electron chi connectivity index (χ2n) is 5.88. The molecule has 1 aromatic carbocycles. The molecule has 4 heteroatoms. The lowest BCUT2D eigenvalue weighted by Gasteiger charge is -2.21. The molecule has 0 aliphatic carbocycles. The third kappa shape index (κ3) is 6.48. The number of guanidine groups is 1. The number of hydrogen-bond donors (Lipinski definition) is 2. The summed E-state index contributed by atoms with van der Waals surface area (Å²) < 4.78 is 0.